The highest BCUT2D eigenvalue weighted by molar-refractivity contribution is 6.38. The van der Waals surface area contributed by atoms with E-state index in [-0.39, 0.29) is 0 Å². The molecule has 0 aliphatic rings. The molecule has 390 valence electrons. The summed E-state index contributed by atoms with van der Waals surface area (Å²) in [5.74, 6) is 0. The van der Waals surface area contributed by atoms with Crippen molar-refractivity contribution in [3.8, 4) is 22.3 Å². The third-order valence-electron chi connectivity index (χ3n) is 17.9. The van der Waals surface area contributed by atoms with Gasteiger partial charge < -0.3 is 27.4 Å². The first-order valence-corrected chi connectivity index (χ1v) is 28.7. The number of aromatic nitrogens is 2. The molecule has 0 amide bonds. The zero-order valence-electron chi connectivity index (χ0n) is 45.2. The predicted molar refractivity (Wildman–Crippen MR) is 351 cm³/mol. The van der Waals surface area contributed by atoms with Crippen molar-refractivity contribution in [1.82, 2.24) is 8.80 Å². The van der Waals surface area contributed by atoms with Crippen LogP contribution in [0.25, 0.3) is 142 Å². The lowest BCUT2D eigenvalue weighted by atomic mass is 9.89. The van der Waals surface area contributed by atoms with Gasteiger partial charge in [-0.25, -0.2) is 0 Å². The highest BCUT2D eigenvalue weighted by Crippen LogP contribution is 2.55. The maximum Gasteiger partial charge on any atom is 0.135 e. The number of nitrogens with zero attached hydrogens (tertiary/aromatic N) is 4. The summed E-state index contributed by atoms with van der Waals surface area (Å²) in [7, 11) is 0. The molecule has 13 aromatic carbocycles. The molecule has 0 radical (unpaired) electrons. The van der Waals surface area contributed by atoms with Crippen molar-refractivity contribution in [3.05, 3.63) is 279 Å². The number of hydrogen-bond donors (Lipinski definition) is 0. The molecule has 6 heterocycles. The van der Waals surface area contributed by atoms with Gasteiger partial charge in [-0.3, -0.25) is 0 Å². The minimum absolute atomic E-state index is 0.877. The number of hydrogen-bond acceptors (Lipinski definition) is 4. The van der Waals surface area contributed by atoms with E-state index in [1.165, 1.54) is 87.4 Å². The molecule has 0 saturated carbocycles. The van der Waals surface area contributed by atoms with Crippen LogP contribution in [-0.2, 0) is 0 Å². The summed E-state index contributed by atoms with van der Waals surface area (Å²) in [6, 6.07) is 102. The normalized spacial score (nSPS) is 12.3. The van der Waals surface area contributed by atoms with Gasteiger partial charge in [0.2, 0.25) is 0 Å². The minimum atomic E-state index is 0.877. The third kappa shape index (κ3) is 6.23. The molecule has 84 heavy (non-hydrogen) atoms. The Hall–Kier alpha value is -11.3. The Morgan fingerprint density at radius 3 is 0.988 bits per heavy atom. The molecule has 0 unspecified atom stereocenters. The van der Waals surface area contributed by atoms with Crippen LogP contribution in [0.3, 0.4) is 0 Å². The van der Waals surface area contributed by atoms with Gasteiger partial charge in [0.1, 0.15) is 22.3 Å². The highest BCUT2D eigenvalue weighted by Gasteiger charge is 2.31. The van der Waals surface area contributed by atoms with Crippen LogP contribution in [0.15, 0.2) is 288 Å². The van der Waals surface area contributed by atoms with E-state index in [0.29, 0.717) is 0 Å². The van der Waals surface area contributed by atoms with Crippen LogP contribution in [0.1, 0.15) is 0 Å². The molecule has 0 N–H and O–H groups in total. The molecule has 6 nitrogen and oxygen atoms in total. The number of para-hydroxylation sites is 6. The Balaban J connectivity index is 0.895. The molecular formula is C78H46N4O2. The lowest BCUT2D eigenvalue weighted by molar-refractivity contribution is 0.668. The first kappa shape index (κ1) is 45.4. The molecule has 6 heteroatoms. The van der Waals surface area contributed by atoms with Gasteiger partial charge in [-0.15, -0.1) is 0 Å². The Bertz CT molecular complexity index is 5490. The highest BCUT2D eigenvalue weighted by atomic mass is 16.3. The lowest BCUT2D eigenvalue weighted by Crippen LogP contribution is -2.09. The van der Waals surface area contributed by atoms with Crippen molar-refractivity contribution < 1.29 is 8.83 Å². The number of fused-ring (bicyclic) bond motifs is 18. The molecule has 0 fully saturated rings. The molecule has 0 saturated heterocycles. The quantitative estimate of drug-likeness (QED) is 0.152. The van der Waals surface area contributed by atoms with Gasteiger partial charge in [0, 0.05) is 110 Å². The van der Waals surface area contributed by atoms with Crippen LogP contribution < -0.4 is 9.80 Å². The smallest absolute Gasteiger partial charge is 0.135 e. The molecule has 0 bridgehead atoms. The molecule has 0 aliphatic carbocycles. The van der Waals surface area contributed by atoms with Crippen molar-refractivity contribution >= 4 is 154 Å². The van der Waals surface area contributed by atoms with Crippen molar-refractivity contribution in [2.45, 2.75) is 0 Å². The molecule has 19 rings (SSSR count). The SMILES string of the molecule is c1ccc(-c2c3c4cccc5c6cc(N(c7ccccc7)c7ccc8oc9ccccc9c8c7)ccc6n(c3c(-c3ccccc3)c3c6cccc7c8cc(N(c9ccccc9)c9ccc%10oc%11ccccc%11c%10c9)ccc8n(c23)c76)c54)cc1. The number of benzene rings is 13. The van der Waals surface area contributed by atoms with E-state index in [1.807, 2.05) is 24.3 Å². The van der Waals surface area contributed by atoms with Crippen molar-refractivity contribution in [1.29, 1.82) is 0 Å². The van der Waals surface area contributed by atoms with E-state index >= 15 is 0 Å². The topological polar surface area (TPSA) is 41.6 Å². The first-order chi connectivity index (χ1) is 41.7. The first-order valence-electron chi connectivity index (χ1n) is 28.7. The Kier molecular flexibility index (Phi) is 9.24. The van der Waals surface area contributed by atoms with Gasteiger partial charge in [0.25, 0.3) is 0 Å². The second-order valence-electron chi connectivity index (χ2n) is 22.3. The summed E-state index contributed by atoms with van der Waals surface area (Å²) in [6.07, 6.45) is 0. The standard InChI is InChI=1S/C78H46N4O2/c1-5-19-47(20-6-1)71-73-59-31-17-29-57-62-44-52(80(50-25-11-4-12-26-50)54-38-42-70-64(46-54)56-28-14-16-34-68(56)84-70)36-40-66(62)82(75(57)59)78(73)72(48-21-7-2-8-22-48)74-60-32-18-30-58-61-43-51(35-39-65(61)81(76(58)60)77(71)74)79(49-23-9-3-10-24-49)53-37-41-69-63(45-53)55-27-13-15-33-67(55)83-69/h1-46H. The van der Waals surface area contributed by atoms with Crippen molar-refractivity contribution in [2.75, 3.05) is 9.80 Å². The predicted octanol–water partition coefficient (Wildman–Crippen LogP) is 22.1. The molecule has 0 spiro atoms. The van der Waals surface area contributed by atoms with E-state index in [9.17, 15) is 0 Å². The Labute approximate surface area is 480 Å². The van der Waals surface area contributed by atoms with Crippen LogP contribution in [0.4, 0.5) is 34.1 Å². The summed E-state index contributed by atoms with van der Waals surface area (Å²) < 4.78 is 17.9. The van der Waals surface area contributed by atoms with Crippen LogP contribution >= 0.6 is 0 Å². The Morgan fingerprint density at radius 2 is 0.560 bits per heavy atom. The van der Waals surface area contributed by atoms with Crippen molar-refractivity contribution in [3.63, 3.8) is 0 Å². The molecular weight excluding hydrogens is 1020 g/mol. The molecule has 6 aromatic heterocycles. The Morgan fingerprint density at radius 1 is 0.226 bits per heavy atom. The van der Waals surface area contributed by atoms with Gasteiger partial charge in [-0.2, -0.15) is 0 Å². The molecule has 0 atom stereocenters. The van der Waals surface area contributed by atoms with E-state index in [4.69, 9.17) is 8.83 Å². The van der Waals surface area contributed by atoms with Gasteiger partial charge >= 0.3 is 0 Å². The molecule has 0 aliphatic heterocycles. The maximum absolute atomic E-state index is 6.34. The average molecular weight is 1070 g/mol. The summed E-state index contributed by atoms with van der Waals surface area (Å²) >= 11 is 0. The van der Waals surface area contributed by atoms with Crippen LogP contribution in [0, 0.1) is 0 Å². The number of rotatable bonds is 8. The monoisotopic (exact) mass is 1070 g/mol. The van der Waals surface area contributed by atoms with Gasteiger partial charge in [0.05, 0.1) is 33.1 Å². The van der Waals surface area contributed by atoms with E-state index in [2.05, 4.69) is 273 Å². The summed E-state index contributed by atoms with van der Waals surface area (Å²) in [5, 5.41) is 14.2. The fourth-order valence-corrected chi connectivity index (χ4v) is 14.5. The van der Waals surface area contributed by atoms with E-state index < -0.39 is 0 Å². The summed E-state index contributed by atoms with van der Waals surface area (Å²) in [6.45, 7) is 0. The van der Waals surface area contributed by atoms with Crippen molar-refractivity contribution in [2.24, 2.45) is 0 Å². The minimum Gasteiger partial charge on any atom is -0.456 e. The second-order valence-corrected chi connectivity index (χ2v) is 22.3. The second kappa shape index (κ2) is 17.1. The van der Waals surface area contributed by atoms with E-state index in [1.54, 1.807) is 0 Å². The van der Waals surface area contributed by atoms with Crippen LogP contribution in [-0.4, -0.2) is 8.80 Å². The lowest BCUT2D eigenvalue weighted by Gasteiger charge is -2.25. The average Bonchev–Trinajstić information content (AvgIpc) is 2.86. The largest absolute Gasteiger partial charge is 0.456 e. The summed E-state index contributed by atoms with van der Waals surface area (Å²) in [4.78, 5) is 4.76. The fourth-order valence-electron chi connectivity index (χ4n) is 14.5. The molecule has 19 aromatic rings. The summed E-state index contributed by atoms with van der Waals surface area (Å²) in [5.41, 5.74) is 22.0. The number of anilines is 6. The van der Waals surface area contributed by atoms with Gasteiger partial charge in [-0.1, -0.05) is 170 Å². The number of furan rings is 2. The van der Waals surface area contributed by atoms with Gasteiger partial charge in [0.15, 0.2) is 0 Å². The zero-order chi connectivity index (χ0) is 54.7. The van der Waals surface area contributed by atoms with Crippen LogP contribution in [0.2, 0.25) is 0 Å². The van der Waals surface area contributed by atoms with Crippen LogP contribution in [0.5, 0.6) is 0 Å². The fraction of sp³-hybridized carbons (Fsp3) is 0. The maximum atomic E-state index is 6.34. The zero-order valence-corrected chi connectivity index (χ0v) is 45.2. The third-order valence-corrected chi connectivity index (χ3v) is 17.9. The van der Waals surface area contributed by atoms with E-state index in [0.717, 1.165) is 89.0 Å². The van der Waals surface area contributed by atoms with Gasteiger partial charge in [-0.05, 0) is 120 Å².